The molecule has 0 amide bonds. The molecule has 2 bridgehead atoms. The molecule has 8 heteroatoms. The summed E-state index contributed by atoms with van der Waals surface area (Å²) in [5, 5.41) is 0. The molecule has 1 heterocycles. The highest BCUT2D eigenvalue weighted by Crippen LogP contribution is 2.41. The summed E-state index contributed by atoms with van der Waals surface area (Å²) in [6, 6.07) is 1.61. The van der Waals surface area contributed by atoms with Crippen molar-refractivity contribution in [1.29, 1.82) is 0 Å². The maximum absolute atomic E-state index is 12.9. The van der Waals surface area contributed by atoms with Crippen molar-refractivity contribution in [3.8, 4) is 12.3 Å². The normalized spacial score (nSPS) is 24.7. The number of hydrogen-bond donors (Lipinski definition) is 0. The number of carbonyl (C=O) groups excluding carboxylic acids is 3. The molecule has 5 nitrogen and oxygen atoms in total. The lowest BCUT2D eigenvalue weighted by Crippen LogP contribution is -2.42. The first-order chi connectivity index (χ1) is 12.7. The van der Waals surface area contributed by atoms with Crippen LogP contribution >= 0.6 is 0 Å². The smallest absolute Gasteiger partial charge is 0.362 e. The van der Waals surface area contributed by atoms with Gasteiger partial charge >= 0.3 is 6.18 Å². The van der Waals surface area contributed by atoms with Gasteiger partial charge in [-0.15, -0.1) is 6.42 Å². The second kappa shape index (κ2) is 7.24. The number of carbonyl (C=O) groups is 3. The lowest BCUT2D eigenvalue weighted by atomic mass is 9.75. The van der Waals surface area contributed by atoms with Crippen molar-refractivity contribution in [1.82, 2.24) is 4.98 Å². The third-order valence-electron chi connectivity index (χ3n) is 5.02. The van der Waals surface area contributed by atoms with Crippen molar-refractivity contribution in [3.05, 3.63) is 29.1 Å². The first-order valence-electron chi connectivity index (χ1n) is 8.44. The Labute approximate surface area is 153 Å². The average molecular weight is 379 g/mol. The van der Waals surface area contributed by atoms with Gasteiger partial charge in [0.15, 0.2) is 17.3 Å². The van der Waals surface area contributed by atoms with Gasteiger partial charge in [-0.2, -0.15) is 13.2 Å². The molecule has 2 saturated carbocycles. The fourth-order valence-electron chi connectivity index (χ4n) is 3.72. The number of Topliss-reactive ketones (excluding diaryl/α,β-unsaturated/α-hetero) is 3. The number of terminal acetylenes is 1. The minimum absolute atomic E-state index is 0.184. The summed E-state index contributed by atoms with van der Waals surface area (Å²) < 4.78 is 43.9. The highest BCUT2D eigenvalue weighted by atomic mass is 19.4. The Hall–Kier alpha value is -2.53. The zero-order valence-electron chi connectivity index (χ0n) is 14.2. The number of rotatable bonds is 5. The Balaban J connectivity index is 1.96. The van der Waals surface area contributed by atoms with E-state index in [1.807, 2.05) is 0 Å². The minimum Gasteiger partial charge on any atom is -0.362 e. The number of ether oxygens (including phenoxy) is 1. The van der Waals surface area contributed by atoms with Gasteiger partial charge in [-0.25, -0.2) is 4.98 Å². The van der Waals surface area contributed by atoms with Crippen LogP contribution in [-0.2, 0) is 27.1 Å². The number of fused-ring (bicyclic) bond motifs is 2. The molecule has 0 aliphatic heterocycles. The summed E-state index contributed by atoms with van der Waals surface area (Å²) in [4.78, 5) is 41.4. The summed E-state index contributed by atoms with van der Waals surface area (Å²) in [5.41, 5.74) is -1.70. The molecule has 142 valence electrons. The van der Waals surface area contributed by atoms with Crippen LogP contribution in [0.25, 0.3) is 0 Å². The quantitative estimate of drug-likeness (QED) is 0.340. The van der Waals surface area contributed by atoms with Crippen LogP contribution in [-0.4, -0.2) is 28.9 Å². The Kier molecular flexibility index (Phi) is 5.16. The van der Waals surface area contributed by atoms with Gasteiger partial charge in [-0.05, 0) is 31.4 Å². The van der Waals surface area contributed by atoms with Crippen molar-refractivity contribution in [2.45, 2.75) is 32.0 Å². The van der Waals surface area contributed by atoms with Gasteiger partial charge in [0.05, 0.1) is 12.3 Å². The molecule has 0 spiro atoms. The maximum Gasteiger partial charge on any atom is 0.433 e. The lowest BCUT2D eigenvalue weighted by Gasteiger charge is -2.25. The standard InChI is InChI=1S/C19H16F3NO4/c1-2-7-27-9-13-12(5-6-14(23-13)19(20,21)22)18(26)15-16(24)10-3-4-11(8-10)17(15)25/h1,5-6,10-11,15H,3-4,7-9H2. The molecule has 2 aliphatic carbocycles. The Bertz CT molecular complexity index is 818. The summed E-state index contributed by atoms with van der Waals surface area (Å²) in [7, 11) is 0. The van der Waals surface area contributed by atoms with E-state index in [0.29, 0.717) is 25.3 Å². The van der Waals surface area contributed by atoms with Crippen molar-refractivity contribution in [3.63, 3.8) is 0 Å². The molecule has 27 heavy (non-hydrogen) atoms. The van der Waals surface area contributed by atoms with Crippen LogP contribution in [0.3, 0.4) is 0 Å². The van der Waals surface area contributed by atoms with Crippen LogP contribution in [0.15, 0.2) is 12.1 Å². The predicted molar refractivity (Wildman–Crippen MR) is 86.4 cm³/mol. The first kappa shape index (κ1) is 19.2. The summed E-state index contributed by atoms with van der Waals surface area (Å²) >= 11 is 0. The van der Waals surface area contributed by atoms with Gasteiger partial charge in [0.1, 0.15) is 18.2 Å². The molecule has 2 aliphatic rings. The molecule has 2 unspecified atom stereocenters. The van der Waals surface area contributed by atoms with Gasteiger partial charge in [-0.1, -0.05) is 5.92 Å². The third kappa shape index (κ3) is 3.65. The summed E-state index contributed by atoms with van der Waals surface area (Å²) in [6.45, 7) is -0.617. The van der Waals surface area contributed by atoms with E-state index in [0.717, 1.165) is 6.07 Å². The van der Waals surface area contributed by atoms with Gasteiger partial charge in [0, 0.05) is 17.4 Å². The van der Waals surface area contributed by atoms with E-state index in [4.69, 9.17) is 11.2 Å². The fourth-order valence-corrected chi connectivity index (χ4v) is 3.72. The van der Waals surface area contributed by atoms with Crippen molar-refractivity contribution >= 4 is 17.3 Å². The number of nitrogens with zero attached hydrogens (tertiary/aromatic N) is 1. The highest BCUT2D eigenvalue weighted by molar-refractivity contribution is 6.26. The van der Waals surface area contributed by atoms with Crippen molar-refractivity contribution in [2.24, 2.45) is 17.8 Å². The monoisotopic (exact) mass is 379 g/mol. The molecular weight excluding hydrogens is 363 g/mol. The SMILES string of the molecule is C#CCOCc1nc(C(F)(F)F)ccc1C(=O)C1C(=O)C2CCC(C2)C1=O. The molecule has 0 N–H and O–H groups in total. The summed E-state index contributed by atoms with van der Waals surface area (Å²) in [5.74, 6) is -1.71. The van der Waals surface area contributed by atoms with Crippen LogP contribution in [0, 0.1) is 30.1 Å². The van der Waals surface area contributed by atoms with Crippen LogP contribution in [0.1, 0.15) is 41.0 Å². The Morgan fingerprint density at radius 3 is 2.41 bits per heavy atom. The van der Waals surface area contributed by atoms with Crippen LogP contribution in [0.5, 0.6) is 0 Å². The second-order valence-corrected chi connectivity index (χ2v) is 6.69. The Morgan fingerprint density at radius 1 is 1.22 bits per heavy atom. The van der Waals surface area contributed by atoms with Gasteiger partial charge < -0.3 is 4.74 Å². The van der Waals surface area contributed by atoms with Crippen molar-refractivity contribution < 1.29 is 32.3 Å². The zero-order valence-corrected chi connectivity index (χ0v) is 14.2. The highest BCUT2D eigenvalue weighted by Gasteiger charge is 2.50. The molecule has 1 aromatic heterocycles. The predicted octanol–water partition coefficient (Wildman–Crippen LogP) is 2.62. The van der Waals surface area contributed by atoms with E-state index in [9.17, 15) is 27.6 Å². The van der Waals surface area contributed by atoms with E-state index in [1.165, 1.54) is 0 Å². The third-order valence-corrected chi connectivity index (χ3v) is 5.02. The number of pyridine rings is 1. The van der Waals surface area contributed by atoms with E-state index in [2.05, 4.69) is 10.9 Å². The fraction of sp³-hybridized carbons (Fsp3) is 0.474. The van der Waals surface area contributed by atoms with Crippen LogP contribution in [0.4, 0.5) is 13.2 Å². The topological polar surface area (TPSA) is 73.3 Å². The molecule has 0 aromatic carbocycles. The molecule has 0 radical (unpaired) electrons. The van der Waals surface area contributed by atoms with E-state index >= 15 is 0 Å². The minimum atomic E-state index is -4.71. The lowest BCUT2D eigenvalue weighted by molar-refractivity contribution is -0.141. The number of ketones is 3. The number of aromatic nitrogens is 1. The largest absolute Gasteiger partial charge is 0.433 e. The maximum atomic E-state index is 12.9. The number of alkyl halides is 3. The van der Waals surface area contributed by atoms with Gasteiger partial charge in [0.2, 0.25) is 0 Å². The Morgan fingerprint density at radius 2 is 1.85 bits per heavy atom. The van der Waals surface area contributed by atoms with Crippen LogP contribution in [0.2, 0.25) is 0 Å². The van der Waals surface area contributed by atoms with Gasteiger partial charge in [-0.3, -0.25) is 14.4 Å². The molecule has 0 saturated heterocycles. The number of halogens is 3. The first-order valence-corrected chi connectivity index (χ1v) is 8.44. The van der Waals surface area contributed by atoms with Crippen LogP contribution < -0.4 is 0 Å². The summed E-state index contributed by atoms with van der Waals surface area (Å²) in [6.07, 6.45) is 1.90. The van der Waals surface area contributed by atoms with E-state index in [-0.39, 0.29) is 29.7 Å². The molecule has 2 fully saturated rings. The molecular formula is C19H16F3NO4. The van der Waals surface area contributed by atoms with E-state index in [1.54, 1.807) is 0 Å². The number of hydrogen-bond acceptors (Lipinski definition) is 5. The van der Waals surface area contributed by atoms with E-state index < -0.39 is 41.7 Å². The average Bonchev–Trinajstić information content (AvgIpc) is 3.07. The van der Waals surface area contributed by atoms with Crippen molar-refractivity contribution in [2.75, 3.05) is 6.61 Å². The molecule has 2 atom stereocenters. The molecule has 3 rings (SSSR count). The second-order valence-electron chi connectivity index (χ2n) is 6.69. The zero-order chi connectivity index (χ0) is 19.8. The van der Waals surface area contributed by atoms with Gasteiger partial charge in [0.25, 0.3) is 0 Å². The molecule has 1 aromatic rings.